The van der Waals surface area contributed by atoms with Crippen molar-refractivity contribution in [2.24, 2.45) is 21.7 Å². The highest BCUT2D eigenvalue weighted by Crippen LogP contribution is 2.34. The van der Waals surface area contributed by atoms with Gasteiger partial charge in [-0.25, -0.2) is 0 Å². The Morgan fingerprint density at radius 1 is 1.35 bits per heavy atom. The number of hydrogen-bond acceptors (Lipinski definition) is 3. The van der Waals surface area contributed by atoms with Crippen molar-refractivity contribution in [3.63, 3.8) is 0 Å². The average Bonchev–Trinajstić information content (AvgIpc) is 2.23. The van der Waals surface area contributed by atoms with Gasteiger partial charge < -0.3 is 16.2 Å². The third-order valence-corrected chi connectivity index (χ3v) is 2.87. The van der Waals surface area contributed by atoms with E-state index in [1.54, 1.807) is 6.21 Å². The zero-order chi connectivity index (χ0) is 12.8. The van der Waals surface area contributed by atoms with E-state index in [1.807, 2.05) is 19.1 Å². The lowest BCUT2D eigenvalue weighted by atomic mass is 10.2. The molecule has 1 aromatic carbocycles. The molecule has 4 N–H and O–H groups in total. The second-order valence-corrected chi connectivity index (χ2v) is 4.72. The molecule has 1 aromatic rings. The van der Waals surface area contributed by atoms with Crippen LogP contribution in [-0.4, -0.2) is 18.8 Å². The van der Waals surface area contributed by atoms with E-state index in [2.05, 4.69) is 42.1 Å². The molecule has 5 nitrogen and oxygen atoms in total. The Balaban J connectivity index is 2.98. The Hall–Kier alpha value is -1.08. The first-order valence-corrected chi connectivity index (χ1v) is 6.37. The number of halogens is 2. The van der Waals surface area contributed by atoms with Gasteiger partial charge in [0.15, 0.2) is 0 Å². The Bertz CT molecular complexity index is 433. The molecule has 0 saturated heterocycles. The fraction of sp³-hybridized carbons (Fsp3) is 0.200. The number of ether oxygens (including phenoxy) is 1. The van der Waals surface area contributed by atoms with Crippen molar-refractivity contribution >= 4 is 44.0 Å². The van der Waals surface area contributed by atoms with Crippen molar-refractivity contribution in [3.05, 3.63) is 26.6 Å². The fourth-order valence-electron chi connectivity index (χ4n) is 1.10. The summed E-state index contributed by atoms with van der Waals surface area (Å²) < 4.78 is 7.13. The van der Waals surface area contributed by atoms with Crippen molar-refractivity contribution in [1.29, 1.82) is 0 Å². The SMILES string of the molecule is CCOc1c(Br)cc(/C=N/N=C(N)N)cc1Br. The minimum absolute atomic E-state index is 0.0784. The van der Waals surface area contributed by atoms with E-state index in [4.69, 9.17) is 16.2 Å². The normalized spacial score (nSPS) is 10.5. The maximum atomic E-state index is 5.46. The number of nitrogens with two attached hydrogens (primary N) is 2. The highest BCUT2D eigenvalue weighted by atomic mass is 79.9. The Labute approximate surface area is 116 Å². The molecule has 0 atom stereocenters. The van der Waals surface area contributed by atoms with Crippen LogP contribution in [0.25, 0.3) is 0 Å². The average molecular weight is 364 g/mol. The van der Waals surface area contributed by atoms with Crippen LogP contribution < -0.4 is 16.2 Å². The van der Waals surface area contributed by atoms with E-state index in [0.29, 0.717) is 6.61 Å². The van der Waals surface area contributed by atoms with Gasteiger partial charge in [0.1, 0.15) is 5.75 Å². The van der Waals surface area contributed by atoms with Crippen molar-refractivity contribution in [3.8, 4) is 5.75 Å². The van der Waals surface area contributed by atoms with Gasteiger partial charge in [-0.05, 0) is 56.5 Å². The summed E-state index contributed by atoms with van der Waals surface area (Å²) in [5.41, 5.74) is 11.2. The molecule has 0 heterocycles. The van der Waals surface area contributed by atoms with Gasteiger partial charge in [-0.15, -0.1) is 5.10 Å². The minimum Gasteiger partial charge on any atom is -0.492 e. The lowest BCUT2D eigenvalue weighted by Gasteiger charge is -2.08. The van der Waals surface area contributed by atoms with Crippen molar-refractivity contribution in [2.75, 3.05) is 6.61 Å². The summed E-state index contributed by atoms with van der Waals surface area (Å²) in [5, 5.41) is 7.25. The summed E-state index contributed by atoms with van der Waals surface area (Å²) in [6.45, 7) is 2.52. The summed E-state index contributed by atoms with van der Waals surface area (Å²) in [4.78, 5) is 0. The smallest absolute Gasteiger partial charge is 0.211 e. The monoisotopic (exact) mass is 362 g/mol. The van der Waals surface area contributed by atoms with Crippen LogP contribution in [0, 0.1) is 0 Å². The van der Waals surface area contributed by atoms with E-state index in [1.165, 1.54) is 0 Å². The second-order valence-electron chi connectivity index (χ2n) is 3.02. The van der Waals surface area contributed by atoms with Gasteiger partial charge >= 0.3 is 0 Å². The van der Waals surface area contributed by atoms with Crippen LogP contribution in [0.4, 0.5) is 0 Å². The molecule has 0 aliphatic carbocycles. The van der Waals surface area contributed by atoms with E-state index in [0.717, 1.165) is 20.3 Å². The van der Waals surface area contributed by atoms with Gasteiger partial charge in [0.05, 0.1) is 21.8 Å². The van der Waals surface area contributed by atoms with E-state index in [9.17, 15) is 0 Å². The molecular formula is C10H12Br2N4O. The number of benzene rings is 1. The lowest BCUT2D eigenvalue weighted by molar-refractivity contribution is 0.336. The first-order chi connectivity index (χ1) is 8.04. The van der Waals surface area contributed by atoms with Crippen LogP contribution in [0.2, 0.25) is 0 Å². The maximum Gasteiger partial charge on any atom is 0.211 e. The van der Waals surface area contributed by atoms with Crippen LogP contribution in [0.5, 0.6) is 5.75 Å². The molecule has 0 aliphatic rings. The molecule has 0 amide bonds. The molecule has 0 unspecified atom stereocenters. The first-order valence-electron chi connectivity index (χ1n) is 4.78. The molecule has 0 bridgehead atoms. The highest BCUT2D eigenvalue weighted by molar-refractivity contribution is 9.11. The van der Waals surface area contributed by atoms with Crippen LogP contribution in [0.15, 0.2) is 31.3 Å². The summed E-state index contributed by atoms with van der Waals surface area (Å²) in [6, 6.07) is 3.73. The van der Waals surface area contributed by atoms with Gasteiger partial charge in [0.25, 0.3) is 0 Å². The Morgan fingerprint density at radius 2 is 1.94 bits per heavy atom. The number of rotatable bonds is 4. The molecule has 17 heavy (non-hydrogen) atoms. The van der Waals surface area contributed by atoms with Crippen molar-refractivity contribution in [1.82, 2.24) is 0 Å². The predicted molar refractivity (Wildman–Crippen MR) is 76.4 cm³/mol. The van der Waals surface area contributed by atoms with Gasteiger partial charge in [0, 0.05) is 0 Å². The maximum absolute atomic E-state index is 5.46. The van der Waals surface area contributed by atoms with Gasteiger partial charge in [-0.3, -0.25) is 0 Å². The molecule has 7 heteroatoms. The van der Waals surface area contributed by atoms with Crippen LogP contribution >= 0.6 is 31.9 Å². The van der Waals surface area contributed by atoms with Crippen LogP contribution in [-0.2, 0) is 0 Å². The second kappa shape index (κ2) is 6.61. The Morgan fingerprint density at radius 3 is 2.41 bits per heavy atom. The molecule has 92 valence electrons. The number of nitrogens with zero attached hydrogens (tertiary/aromatic N) is 2. The number of guanidine groups is 1. The fourth-order valence-corrected chi connectivity index (χ4v) is 2.55. The third-order valence-electron chi connectivity index (χ3n) is 1.69. The number of hydrogen-bond donors (Lipinski definition) is 2. The summed E-state index contributed by atoms with van der Waals surface area (Å²) in [5.74, 6) is 0.678. The van der Waals surface area contributed by atoms with Crippen LogP contribution in [0.1, 0.15) is 12.5 Å². The summed E-state index contributed by atoms with van der Waals surface area (Å²) in [6.07, 6.45) is 1.55. The van der Waals surface area contributed by atoms with E-state index < -0.39 is 0 Å². The molecule has 0 aromatic heterocycles. The Kier molecular flexibility index (Phi) is 5.43. The van der Waals surface area contributed by atoms with E-state index >= 15 is 0 Å². The van der Waals surface area contributed by atoms with E-state index in [-0.39, 0.29) is 5.96 Å². The zero-order valence-electron chi connectivity index (χ0n) is 9.15. The topological polar surface area (TPSA) is 86.0 Å². The quantitative estimate of drug-likeness (QED) is 0.488. The lowest BCUT2D eigenvalue weighted by Crippen LogP contribution is -2.21. The van der Waals surface area contributed by atoms with Gasteiger partial charge in [-0.1, -0.05) is 0 Å². The molecule has 0 aliphatic heterocycles. The molecular weight excluding hydrogens is 352 g/mol. The predicted octanol–water partition coefficient (Wildman–Crippen LogP) is 2.22. The summed E-state index contributed by atoms with van der Waals surface area (Å²) in [7, 11) is 0. The summed E-state index contributed by atoms with van der Waals surface area (Å²) >= 11 is 6.84. The third kappa shape index (κ3) is 4.35. The largest absolute Gasteiger partial charge is 0.492 e. The molecule has 0 saturated carbocycles. The standard InChI is InChI=1S/C10H12Br2N4O/c1-2-17-9-7(11)3-6(4-8(9)12)5-15-16-10(13)14/h3-5H,2H2,1H3,(H4,13,14,16)/b15-5+. The van der Waals surface area contributed by atoms with Crippen LogP contribution in [0.3, 0.4) is 0 Å². The first kappa shape index (κ1) is 14.0. The molecule has 0 fully saturated rings. The van der Waals surface area contributed by atoms with Gasteiger partial charge in [-0.2, -0.15) is 5.10 Å². The molecule has 0 radical (unpaired) electrons. The molecule has 0 spiro atoms. The van der Waals surface area contributed by atoms with Crippen molar-refractivity contribution in [2.45, 2.75) is 6.92 Å². The highest BCUT2D eigenvalue weighted by Gasteiger charge is 2.07. The van der Waals surface area contributed by atoms with Crippen molar-refractivity contribution < 1.29 is 4.74 Å². The molecule has 1 rings (SSSR count). The van der Waals surface area contributed by atoms with Gasteiger partial charge in [0.2, 0.25) is 5.96 Å². The minimum atomic E-state index is -0.0784. The zero-order valence-corrected chi connectivity index (χ0v) is 12.3.